The Labute approximate surface area is 168 Å². The van der Waals surface area contributed by atoms with Crippen molar-refractivity contribution in [1.29, 1.82) is 0 Å². The molecule has 3 nitrogen and oxygen atoms in total. The van der Waals surface area contributed by atoms with Crippen molar-refractivity contribution in [3.63, 3.8) is 0 Å². The molecule has 0 radical (unpaired) electrons. The van der Waals surface area contributed by atoms with Crippen LogP contribution in [0.1, 0.15) is 18.4 Å². The summed E-state index contributed by atoms with van der Waals surface area (Å²) < 4.78 is 13.0. The van der Waals surface area contributed by atoms with Gasteiger partial charge in [-0.2, -0.15) is 0 Å². The minimum Gasteiger partial charge on any atom is -0.326 e. The zero-order valence-electron chi connectivity index (χ0n) is 15.6. The molecule has 5 heteroatoms. The molecule has 4 rings (SSSR count). The molecule has 0 saturated carbocycles. The van der Waals surface area contributed by atoms with Crippen molar-refractivity contribution in [1.82, 2.24) is 4.90 Å². The topological polar surface area (TPSA) is 32.3 Å². The maximum atomic E-state index is 13.0. The Balaban J connectivity index is 1.38. The van der Waals surface area contributed by atoms with Crippen molar-refractivity contribution in [3.05, 3.63) is 77.4 Å². The summed E-state index contributed by atoms with van der Waals surface area (Å²) in [6.07, 6.45) is 1.89. The van der Waals surface area contributed by atoms with Crippen molar-refractivity contribution in [2.24, 2.45) is 5.92 Å². The number of anilines is 1. The van der Waals surface area contributed by atoms with E-state index in [9.17, 15) is 9.18 Å². The molecule has 3 aromatic rings. The largest absolute Gasteiger partial charge is 0.326 e. The summed E-state index contributed by atoms with van der Waals surface area (Å²) in [5.74, 6) is -0.324. The number of rotatable bonds is 5. The molecule has 1 aliphatic rings. The molecule has 1 unspecified atom stereocenters. The number of nitrogens with zero attached hydrogens (tertiary/aromatic N) is 1. The van der Waals surface area contributed by atoms with Gasteiger partial charge in [0, 0.05) is 23.7 Å². The van der Waals surface area contributed by atoms with Gasteiger partial charge in [-0.1, -0.05) is 24.3 Å². The van der Waals surface area contributed by atoms with Gasteiger partial charge in [-0.25, -0.2) is 4.39 Å². The van der Waals surface area contributed by atoms with Gasteiger partial charge in [0.2, 0.25) is 5.91 Å². The average molecular weight is 395 g/mol. The van der Waals surface area contributed by atoms with E-state index in [2.05, 4.69) is 52.0 Å². The number of nitrogens with one attached hydrogen (secondary N) is 1. The minimum atomic E-state index is -0.299. The highest BCUT2D eigenvalue weighted by Gasteiger charge is 2.26. The number of carbonyl (C=O) groups is 1. The molecule has 0 aliphatic carbocycles. The van der Waals surface area contributed by atoms with Gasteiger partial charge in [-0.05, 0) is 72.3 Å². The van der Waals surface area contributed by atoms with Crippen LogP contribution in [0.5, 0.6) is 0 Å². The number of amides is 1. The molecule has 2 heterocycles. The Morgan fingerprint density at radius 2 is 2.00 bits per heavy atom. The van der Waals surface area contributed by atoms with E-state index in [0.717, 1.165) is 32.5 Å². The molecule has 28 heavy (non-hydrogen) atoms. The summed E-state index contributed by atoms with van der Waals surface area (Å²) in [6, 6.07) is 18.8. The minimum absolute atomic E-state index is 0.0173. The number of thiophene rings is 1. The predicted molar refractivity (Wildman–Crippen MR) is 113 cm³/mol. The summed E-state index contributed by atoms with van der Waals surface area (Å²) in [5, 5.41) is 5.01. The van der Waals surface area contributed by atoms with E-state index in [1.165, 1.54) is 28.1 Å². The first-order chi connectivity index (χ1) is 13.7. The standard InChI is InChI=1S/C23H23FN2OS/c24-20-8-10-21(11-9-20)25-23(27)19-6-2-12-26(16-19)15-17-4-1-5-18(14-17)22-7-3-13-28-22/h1,3-5,7-11,13-14,19H,2,6,12,15-16H2,(H,25,27). The molecule has 1 aromatic heterocycles. The first-order valence-electron chi connectivity index (χ1n) is 9.59. The molecule has 1 aliphatic heterocycles. The predicted octanol–water partition coefficient (Wildman–Crippen LogP) is 5.40. The molecule has 0 spiro atoms. The van der Waals surface area contributed by atoms with Crippen LogP contribution in [0.15, 0.2) is 66.0 Å². The molecular formula is C23H23FN2OS. The lowest BCUT2D eigenvalue weighted by Gasteiger charge is -2.32. The highest BCUT2D eigenvalue weighted by atomic mass is 32.1. The SMILES string of the molecule is O=C(Nc1ccc(F)cc1)C1CCCN(Cc2cccc(-c3cccs3)c2)C1. The highest BCUT2D eigenvalue weighted by molar-refractivity contribution is 7.13. The van der Waals surface area contributed by atoms with Crippen LogP contribution in [-0.2, 0) is 11.3 Å². The number of halogens is 1. The van der Waals surface area contributed by atoms with Gasteiger partial charge in [-0.15, -0.1) is 11.3 Å². The lowest BCUT2D eigenvalue weighted by Crippen LogP contribution is -2.40. The summed E-state index contributed by atoms with van der Waals surface area (Å²) in [7, 11) is 0. The molecule has 1 saturated heterocycles. The number of carbonyl (C=O) groups excluding carboxylic acids is 1. The van der Waals surface area contributed by atoms with E-state index < -0.39 is 0 Å². The smallest absolute Gasteiger partial charge is 0.228 e. The van der Waals surface area contributed by atoms with Gasteiger partial charge in [-0.3, -0.25) is 9.69 Å². The summed E-state index contributed by atoms with van der Waals surface area (Å²) in [6.45, 7) is 2.60. The van der Waals surface area contributed by atoms with Crippen LogP contribution in [0, 0.1) is 11.7 Å². The second-order valence-corrected chi connectivity index (χ2v) is 8.20. The summed E-state index contributed by atoms with van der Waals surface area (Å²) in [4.78, 5) is 16.3. The van der Waals surface area contributed by atoms with Crippen LogP contribution in [0.25, 0.3) is 10.4 Å². The number of likely N-dealkylation sites (tertiary alicyclic amines) is 1. The van der Waals surface area contributed by atoms with Gasteiger partial charge in [0.25, 0.3) is 0 Å². The monoisotopic (exact) mass is 394 g/mol. The van der Waals surface area contributed by atoms with E-state index in [1.807, 2.05) is 0 Å². The Morgan fingerprint density at radius 1 is 1.14 bits per heavy atom. The molecule has 1 N–H and O–H groups in total. The second-order valence-electron chi connectivity index (χ2n) is 7.25. The van der Waals surface area contributed by atoms with E-state index in [4.69, 9.17) is 0 Å². The van der Waals surface area contributed by atoms with Crippen molar-refractivity contribution in [3.8, 4) is 10.4 Å². The van der Waals surface area contributed by atoms with E-state index in [1.54, 1.807) is 23.5 Å². The van der Waals surface area contributed by atoms with Gasteiger partial charge < -0.3 is 5.32 Å². The molecule has 1 amide bonds. The molecule has 2 aromatic carbocycles. The van der Waals surface area contributed by atoms with E-state index in [0.29, 0.717) is 5.69 Å². The fourth-order valence-electron chi connectivity index (χ4n) is 3.71. The van der Waals surface area contributed by atoms with Crippen LogP contribution < -0.4 is 5.32 Å². The van der Waals surface area contributed by atoms with Crippen molar-refractivity contribution < 1.29 is 9.18 Å². The molecule has 1 atom stereocenters. The Morgan fingerprint density at radius 3 is 2.79 bits per heavy atom. The average Bonchev–Trinajstić information content (AvgIpc) is 3.25. The zero-order chi connectivity index (χ0) is 19.3. The van der Waals surface area contributed by atoms with Crippen LogP contribution >= 0.6 is 11.3 Å². The first kappa shape index (κ1) is 18.8. The number of piperidine rings is 1. The quantitative estimate of drug-likeness (QED) is 0.628. The van der Waals surface area contributed by atoms with Crippen LogP contribution in [0.4, 0.5) is 10.1 Å². The lowest BCUT2D eigenvalue weighted by molar-refractivity contribution is -0.121. The summed E-state index contributed by atoms with van der Waals surface area (Å²) >= 11 is 1.75. The number of hydrogen-bond acceptors (Lipinski definition) is 3. The Hall–Kier alpha value is -2.50. The molecular weight excluding hydrogens is 371 g/mol. The maximum Gasteiger partial charge on any atom is 0.228 e. The van der Waals surface area contributed by atoms with E-state index in [-0.39, 0.29) is 17.6 Å². The van der Waals surface area contributed by atoms with Crippen LogP contribution in [0.2, 0.25) is 0 Å². The number of hydrogen-bond donors (Lipinski definition) is 1. The highest BCUT2D eigenvalue weighted by Crippen LogP contribution is 2.26. The van der Waals surface area contributed by atoms with Crippen LogP contribution in [-0.4, -0.2) is 23.9 Å². The van der Waals surface area contributed by atoms with Gasteiger partial charge in [0.1, 0.15) is 5.82 Å². The van der Waals surface area contributed by atoms with Crippen molar-refractivity contribution in [2.45, 2.75) is 19.4 Å². The van der Waals surface area contributed by atoms with Gasteiger partial charge >= 0.3 is 0 Å². The third-order valence-electron chi connectivity index (χ3n) is 5.13. The molecule has 144 valence electrons. The fraction of sp³-hybridized carbons (Fsp3) is 0.261. The molecule has 1 fully saturated rings. The van der Waals surface area contributed by atoms with Gasteiger partial charge in [0.05, 0.1) is 5.92 Å². The fourth-order valence-corrected chi connectivity index (χ4v) is 4.44. The van der Waals surface area contributed by atoms with Gasteiger partial charge in [0.15, 0.2) is 0 Å². The number of benzene rings is 2. The van der Waals surface area contributed by atoms with Crippen molar-refractivity contribution >= 4 is 22.9 Å². The summed E-state index contributed by atoms with van der Waals surface area (Å²) in [5.41, 5.74) is 3.16. The first-order valence-corrected chi connectivity index (χ1v) is 10.5. The third kappa shape index (κ3) is 4.66. The Kier molecular flexibility index (Phi) is 5.84. The van der Waals surface area contributed by atoms with Crippen molar-refractivity contribution in [2.75, 3.05) is 18.4 Å². The normalized spacial score (nSPS) is 17.4. The Bertz CT molecular complexity index is 924. The third-order valence-corrected chi connectivity index (χ3v) is 6.05. The molecule has 0 bridgehead atoms. The van der Waals surface area contributed by atoms with Crippen LogP contribution in [0.3, 0.4) is 0 Å². The second kappa shape index (κ2) is 8.67. The zero-order valence-corrected chi connectivity index (χ0v) is 16.4. The lowest BCUT2D eigenvalue weighted by atomic mass is 9.96. The maximum absolute atomic E-state index is 13.0. The van der Waals surface area contributed by atoms with E-state index >= 15 is 0 Å².